The van der Waals surface area contributed by atoms with Crippen molar-refractivity contribution < 1.29 is 19.1 Å². The van der Waals surface area contributed by atoms with Gasteiger partial charge in [0.15, 0.2) is 11.5 Å². The summed E-state index contributed by atoms with van der Waals surface area (Å²) in [5.74, 6) is 0.231. The molecule has 0 aliphatic heterocycles. The van der Waals surface area contributed by atoms with E-state index in [1.807, 2.05) is 13.8 Å². The monoisotopic (exact) mass is 250 g/mol. The van der Waals surface area contributed by atoms with Crippen LogP contribution in [0.1, 0.15) is 33.6 Å². The number of carbonyl (C=O) groups is 2. The number of para-hydroxylation sites is 2. The van der Waals surface area contributed by atoms with Crippen molar-refractivity contribution in [1.29, 1.82) is 0 Å². The molecule has 0 saturated carbocycles. The Kier molecular flexibility index (Phi) is 5.36. The molecule has 0 fully saturated rings. The molecule has 1 aromatic carbocycles. The fourth-order valence-corrected chi connectivity index (χ4v) is 1.35. The SMILES string of the molecule is CC(=O)Oc1ccccc1OC(=O)CCC(C)C. The number of carbonyl (C=O) groups excluding carboxylic acids is 2. The molecular formula is C14H18O4. The molecule has 0 aliphatic rings. The molecule has 0 bridgehead atoms. The third-order valence-corrected chi connectivity index (χ3v) is 2.25. The zero-order chi connectivity index (χ0) is 13.5. The molecule has 4 heteroatoms. The van der Waals surface area contributed by atoms with Crippen LogP contribution in [-0.2, 0) is 9.59 Å². The standard InChI is InChI=1S/C14H18O4/c1-10(2)8-9-14(16)18-13-7-5-4-6-12(13)17-11(3)15/h4-7,10H,8-9H2,1-3H3. The van der Waals surface area contributed by atoms with E-state index in [-0.39, 0.29) is 17.5 Å². The van der Waals surface area contributed by atoms with Gasteiger partial charge in [0.25, 0.3) is 0 Å². The topological polar surface area (TPSA) is 52.6 Å². The van der Waals surface area contributed by atoms with E-state index in [1.54, 1.807) is 24.3 Å². The average Bonchev–Trinajstić information content (AvgIpc) is 2.28. The Balaban J connectivity index is 2.65. The van der Waals surface area contributed by atoms with E-state index in [0.717, 1.165) is 6.42 Å². The Bertz CT molecular complexity index is 424. The van der Waals surface area contributed by atoms with Crippen molar-refractivity contribution in [2.75, 3.05) is 0 Å². The molecule has 0 spiro atoms. The first-order chi connectivity index (χ1) is 8.49. The second-order valence-electron chi connectivity index (χ2n) is 4.45. The molecule has 1 rings (SSSR count). The minimum absolute atomic E-state index is 0.267. The molecule has 0 aromatic heterocycles. The van der Waals surface area contributed by atoms with Gasteiger partial charge < -0.3 is 9.47 Å². The summed E-state index contributed by atoms with van der Waals surface area (Å²) in [6.07, 6.45) is 1.13. The van der Waals surface area contributed by atoms with Crippen molar-refractivity contribution in [1.82, 2.24) is 0 Å². The first kappa shape index (κ1) is 14.2. The summed E-state index contributed by atoms with van der Waals surface area (Å²) >= 11 is 0. The summed E-state index contributed by atoms with van der Waals surface area (Å²) in [5, 5.41) is 0. The van der Waals surface area contributed by atoms with Crippen molar-refractivity contribution in [2.45, 2.75) is 33.6 Å². The second-order valence-corrected chi connectivity index (χ2v) is 4.45. The molecule has 0 N–H and O–H groups in total. The lowest BCUT2D eigenvalue weighted by Gasteiger charge is -2.09. The van der Waals surface area contributed by atoms with Gasteiger partial charge in [0, 0.05) is 13.3 Å². The Morgan fingerprint density at radius 1 is 1.11 bits per heavy atom. The van der Waals surface area contributed by atoms with E-state index in [0.29, 0.717) is 12.3 Å². The van der Waals surface area contributed by atoms with E-state index in [9.17, 15) is 9.59 Å². The smallest absolute Gasteiger partial charge is 0.311 e. The highest BCUT2D eigenvalue weighted by atomic mass is 16.6. The molecule has 0 unspecified atom stereocenters. The van der Waals surface area contributed by atoms with Gasteiger partial charge in [-0.05, 0) is 24.5 Å². The van der Waals surface area contributed by atoms with Crippen LogP contribution in [0.5, 0.6) is 11.5 Å². The normalized spacial score (nSPS) is 10.2. The molecule has 98 valence electrons. The van der Waals surface area contributed by atoms with Gasteiger partial charge in [-0.25, -0.2) is 0 Å². The fourth-order valence-electron chi connectivity index (χ4n) is 1.35. The molecule has 0 radical (unpaired) electrons. The van der Waals surface area contributed by atoms with E-state index in [4.69, 9.17) is 9.47 Å². The highest BCUT2D eigenvalue weighted by Gasteiger charge is 2.11. The molecule has 0 saturated heterocycles. The zero-order valence-corrected chi connectivity index (χ0v) is 10.9. The molecule has 0 aliphatic carbocycles. The van der Waals surface area contributed by atoms with Gasteiger partial charge in [0.1, 0.15) is 0 Å². The van der Waals surface area contributed by atoms with E-state index in [2.05, 4.69) is 0 Å². The quantitative estimate of drug-likeness (QED) is 0.595. The lowest BCUT2D eigenvalue weighted by molar-refractivity contribution is -0.136. The van der Waals surface area contributed by atoms with Crippen LogP contribution in [0.15, 0.2) is 24.3 Å². The van der Waals surface area contributed by atoms with Crippen LogP contribution in [0.2, 0.25) is 0 Å². The minimum atomic E-state index is -0.444. The van der Waals surface area contributed by atoms with Crippen molar-refractivity contribution >= 4 is 11.9 Å². The average molecular weight is 250 g/mol. The first-order valence-corrected chi connectivity index (χ1v) is 5.97. The van der Waals surface area contributed by atoms with Gasteiger partial charge in [-0.3, -0.25) is 9.59 Å². The summed E-state index contributed by atoms with van der Waals surface area (Å²) in [5.41, 5.74) is 0. The predicted octanol–water partition coefficient (Wildman–Crippen LogP) is 2.95. The molecule has 1 aromatic rings. The van der Waals surface area contributed by atoms with Gasteiger partial charge >= 0.3 is 11.9 Å². The molecule has 18 heavy (non-hydrogen) atoms. The second kappa shape index (κ2) is 6.79. The van der Waals surface area contributed by atoms with E-state index in [1.165, 1.54) is 6.92 Å². The van der Waals surface area contributed by atoms with Gasteiger partial charge in [-0.1, -0.05) is 26.0 Å². The number of hydrogen-bond donors (Lipinski definition) is 0. The van der Waals surface area contributed by atoms with Crippen LogP contribution >= 0.6 is 0 Å². The third kappa shape index (κ3) is 4.99. The first-order valence-electron chi connectivity index (χ1n) is 5.97. The Labute approximate surface area is 107 Å². The summed E-state index contributed by atoms with van der Waals surface area (Å²) in [4.78, 5) is 22.5. The predicted molar refractivity (Wildman–Crippen MR) is 67.5 cm³/mol. The highest BCUT2D eigenvalue weighted by Crippen LogP contribution is 2.27. The Hall–Kier alpha value is -1.84. The maximum absolute atomic E-state index is 11.6. The van der Waals surface area contributed by atoms with Crippen LogP contribution < -0.4 is 9.47 Å². The summed E-state index contributed by atoms with van der Waals surface area (Å²) < 4.78 is 10.1. The number of ether oxygens (including phenoxy) is 2. The third-order valence-electron chi connectivity index (χ3n) is 2.25. The molecule has 4 nitrogen and oxygen atoms in total. The van der Waals surface area contributed by atoms with E-state index >= 15 is 0 Å². The van der Waals surface area contributed by atoms with Crippen LogP contribution in [0, 0.1) is 5.92 Å². The maximum Gasteiger partial charge on any atom is 0.311 e. The number of esters is 2. The Morgan fingerprint density at radius 3 is 2.17 bits per heavy atom. The van der Waals surface area contributed by atoms with Gasteiger partial charge in [0.2, 0.25) is 0 Å². The lowest BCUT2D eigenvalue weighted by Crippen LogP contribution is -2.11. The highest BCUT2D eigenvalue weighted by molar-refractivity contribution is 5.75. The summed E-state index contributed by atoms with van der Waals surface area (Å²) in [6.45, 7) is 5.39. The van der Waals surface area contributed by atoms with Gasteiger partial charge in [-0.15, -0.1) is 0 Å². The fraction of sp³-hybridized carbons (Fsp3) is 0.429. The van der Waals surface area contributed by atoms with Crippen molar-refractivity contribution in [3.05, 3.63) is 24.3 Å². The maximum atomic E-state index is 11.6. The summed E-state index contributed by atoms with van der Waals surface area (Å²) in [6, 6.07) is 6.62. The van der Waals surface area contributed by atoms with Crippen LogP contribution in [0.25, 0.3) is 0 Å². The largest absolute Gasteiger partial charge is 0.423 e. The molecule has 0 heterocycles. The van der Waals surface area contributed by atoms with Crippen molar-refractivity contribution in [2.24, 2.45) is 5.92 Å². The number of hydrogen-bond acceptors (Lipinski definition) is 4. The van der Waals surface area contributed by atoms with Crippen LogP contribution in [0.3, 0.4) is 0 Å². The van der Waals surface area contributed by atoms with Crippen LogP contribution in [0.4, 0.5) is 0 Å². The van der Waals surface area contributed by atoms with E-state index < -0.39 is 5.97 Å². The Morgan fingerprint density at radius 2 is 1.67 bits per heavy atom. The van der Waals surface area contributed by atoms with Crippen molar-refractivity contribution in [3.63, 3.8) is 0 Å². The van der Waals surface area contributed by atoms with Crippen molar-refractivity contribution in [3.8, 4) is 11.5 Å². The van der Waals surface area contributed by atoms with Gasteiger partial charge in [0.05, 0.1) is 0 Å². The van der Waals surface area contributed by atoms with Gasteiger partial charge in [-0.2, -0.15) is 0 Å². The number of benzene rings is 1. The molecule has 0 amide bonds. The minimum Gasteiger partial charge on any atom is -0.423 e. The molecular weight excluding hydrogens is 232 g/mol. The summed E-state index contributed by atoms with van der Waals surface area (Å²) in [7, 11) is 0. The number of rotatable bonds is 5. The van der Waals surface area contributed by atoms with Crippen LogP contribution in [-0.4, -0.2) is 11.9 Å². The lowest BCUT2D eigenvalue weighted by atomic mass is 10.1. The zero-order valence-electron chi connectivity index (χ0n) is 10.9. The molecule has 0 atom stereocenters.